The maximum atomic E-state index is 10.8. The molecule has 2 nitrogen and oxygen atoms in total. The molecule has 0 N–H and O–H groups in total. The van der Waals surface area contributed by atoms with Crippen LogP contribution >= 0.6 is 11.6 Å². The molecule has 1 rings (SSSR count). The molecule has 0 unspecified atom stereocenters. The van der Waals surface area contributed by atoms with Crippen LogP contribution in [0.15, 0.2) is 18.2 Å². The van der Waals surface area contributed by atoms with Crippen molar-refractivity contribution < 1.29 is 9.53 Å². The highest BCUT2D eigenvalue weighted by molar-refractivity contribution is 6.32. The van der Waals surface area contributed by atoms with Gasteiger partial charge in [-0.05, 0) is 31.0 Å². The van der Waals surface area contributed by atoms with Crippen LogP contribution in [0.5, 0.6) is 5.75 Å². The Hall–Kier alpha value is -1.02. The second kappa shape index (κ2) is 5.01. The molecule has 0 aromatic heterocycles. The van der Waals surface area contributed by atoms with E-state index in [2.05, 4.69) is 0 Å². The number of ketones is 1. The van der Waals surface area contributed by atoms with Gasteiger partial charge in [0.1, 0.15) is 11.5 Å². The van der Waals surface area contributed by atoms with Gasteiger partial charge in [-0.3, -0.25) is 0 Å². The summed E-state index contributed by atoms with van der Waals surface area (Å²) in [5.41, 5.74) is 1.07. The van der Waals surface area contributed by atoms with Gasteiger partial charge in [0.05, 0.1) is 12.1 Å². The summed E-state index contributed by atoms with van der Waals surface area (Å²) in [6.45, 7) is 1.59. The first kappa shape index (κ1) is 11.1. The van der Waals surface area contributed by atoms with Gasteiger partial charge in [-0.25, -0.2) is 0 Å². The number of halogens is 1. The zero-order valence-electron chi connectivity index (χ0n) is 8.34. The first-order valence-electron chi connectivity index (χ1n) is 4.45. The maximum absolute atomic E-state index is 10.8. The van der Waals surface area contributed by atoms with Gasteiger partial charge >= 0.3 is 0 Å². The number of ether oxygens (including phenoxy) is 1. The number of hydrogen-bond acceptors (Lipinski definition) is 2. The summed E-state index contributed by atoms with van der Waals surface area (Å²) in [4.78, 5) is 10.8. The minimum absolute atomic E-state index is 0.193. The van der Waals surface area contributed by atoms with Gasteiger partial charge in [-0.1, -0.05) is 17.7 Å². The van der Waals surface area contributed by atoms with E-state index in [1.54, 1.807) is 20.1 Å². The Morgan fingerprint density at radius 1 is 1.50 bits per heavy atom. The van der Waals surface area contributed by atoms with Crippen molar-refractivity contribution in [2.45, 2.75) is 19.8 Å². The van der Waals surface area contributed by atoms with Crippen molar-refractivity contribution in [2.75, 3.05) is 7.11 Å². The molecule has 0 saturated carbocycles. The highest BCUT2D eigenvalue weighted by Gasteiger charge is 2.02. The van der Waals surface area contributed by atoms with Gasteiger partial charge in [0, 0.05) is 6.42 Å². The molecule has 0 atom stereocenters. The Kier molecular flexibility index (Phi) is 3.96. The lowest BCUT2D eigenvalue weighted by Gasteiger charge is -2.05. The standard InChI is InChI=1S/C11H13ClO2/c1-8(13)3-4-9-5-6-10(12)11(7-9)14-2/h5-7H,3-4H2,1-2H3. The molecule has 3 heteroatoms. The van der Waals surface area contributed by atoms with Crippen molar-refractivity contribution in [3.63, 3.8) is 0 Å². The SMILES string of the molecule is COc1cc(CCC(C)=O)ccc1Cl. The van der Waals surface area contributed by atoms with Crippen LogP contribution in [-0.4, -0.2) is 12.9 Å². The van der Waals surface area contributed by atoms with Crippen molar-refractivity contribution in [1.29, 1.82) is 0 Å². The fourth-order valence-electron chi connectivity index (χ4n) is 1.18. The van der Waals surface area contributed by atoms with E-state index in [1.807, 2.05) is 12.1 Å². The Balaban J connectivity index is 2.74. The molecule has 0 heterocycles. The monoisotopic (exact) mass is 212 g/mol. The van der Waals surface area contributed by atoms with Gasteiger partial charge in [0.2, 0.25) is 0 Å². The Bertz CT molecular complexity index is 334. The van der Waals surface area contributed by atoms with Crippen LogP contribution in [0.1, 0.15) is 18.9 Å². The van der Waals surface area contributed by atoms with Gasteiger partial charge in [0.25, 0.3) is 0 Å². The Morgan fingerprint density at radius 2 is 2.21 bits per heavy atom. The number of rotatable bonds is 4. The molecule has 0 radical (unpaired) electrons. The molecule has 0 aliphatic carbocycles. The van der Waals surface area contributed by atoms with Crippen molar-refractivity contribution >= 4 is 17.4 Å². The lowest BCUT2D eigenvalue weighted by molar-refractivity contribution is -0.116. The zero-order chi connectivity index (χ0) is 10.6. The number of benzene rings is 1. The number of methoxy groups -OCH3 is 1. The van der Waals surface area contributed by atoms with Crippen LogP contribution in [0, 0.1) is 0 Å². The average molecular weight is 213 g/mol. The van der Waals surface area contributed by atoms with Crippen LogP contribution in [0.2, 0.25) is 5.02 Å². The lowest BCUT2D eigenvalue weighted by Crippen LogP contribution is -1.94. The van der Waals surface area contributed by atoms with Crippen molar-refractivity contribution in [3.8, 4) is 5.75 Å². The third kappa shape index (κ3) is 3.04. The molecule has 0 spiro atoms. The van der Waals surface area contributed by atoms with Crippen LogP contribution in [0.25, 0.3) is 0 Å². The third-order valence-corrected chi connectivity index (χ3v) is 2.29. The summed E-state index contributed by atoms with van der Waals surface area (Å²) < 4.78 is 5.08. The molecule has 14 heavy (non-hydrogen) atoms. The molecule has 0 fully saturated rings. The van der Waals surface area contributed by atoms with Crippen LogP contribution in [0.3, 0.4) is 0 Å². The second-order valence-electron chi connectivity index (χ2n) is 3.17. The van der Waals surface area contributed by atoms with Gasteiger partial charge in [-0.2, -0.15) is 0 Å². The topological polar surface area (TPSA) is 26.3 Å². The highest BCUT2D eigenvalue weighted by atomic mass is 35.5. The Labute approximate surface area is 88.8 Å². The number of carbonyl (C=O) groups excluding carboxylic acids is 1. The van der Waals surface area contributed by atoms with E-state index in [0.29, 0.717) is 17.2 Å². The van der Waals surface area contributed by atoms with E-state index in [4.69, 9.17) is 16.3 Å². The minimum atomic E-state index is 0.193. The van der Waals surface area contributed by atoms with E-state index in [1.165, 1.54) is 0 Å². The fourth-order valence-corrected chi connectivity index (χ4v) is 1.37. The van der Waals surface area contributed by atoms with Crippen LogP contribution < -0.4 is 4.74 Å². The largest absolute Gasteiger partial charge is 0.495 e. The first-order chi connectivity index (χ1) is 6.63. The summed E-state index contributed by atoms with van der Waals surface area (Å²) in [5.74, 6) is 0.853. The lowest BCUT2D eigenvalue weighted by atomic mass is 10.1. The van der Waals surface area contributed by atoms with Crippen LogP contribution in [0.4, 0.5) is 0 Å². The summed E-state index contributed by atoms with van der Waals surface area (Å²) in [7, 11) is 1.58. The predicted molar refractivity (Wildman–Crippen MR) is 57.0 cm³/mol. The molecule has 76 valence electrons. The maximum Gasteiger partial charge on any atom is 0.137 e. The number of aryl methyl sites for hydroxylation is 1. The molecule has 0 aliphatic heterocycles. The summed E-state index contributed by atoms with van der Waals surface area (Å²) in [6, 6.07) is 5.56. The summed E-state index contributed by atoms with van der Waals surface area (Å²) >= 11 is 5.87. The highest BCUT2D eigenvalue weighted by Crippen LogP contribution is 2.25. The van der Waals surface area contributed by atoms with Gasteiger partial charge < -0.3 is 9.53 Å². The van der Waals surface area contributed by atoms with Crippen molar-refractivity contribution in [2.24, 2.45) is 0 Å². The molecule has 0 saturated heterocycles. The van der Waals surface area contributed by atoms with Gasteiger partial charge in [0.15, 0.2) is 0 Å². The summed E-state index contributed by atoms with van der Waals surface area (Å²) in [6.07, 6.45) is 1.30. The van der Waals surface area contributed by atoms with Crippen molar-refractivity contribution in [3.05, 3.63) is 28.8 Å². The summed E-state index contributed by atoms with van der Waals surface area (Å²) in [5, 5.41) is 0.596. The first-order valence-corrected chi connectivity index (χ1v) is 4.83. The van der Waals surface area contributed by atoms with E-state index in [9.17, 15) is 4.79 Å². The second-order valence-corrected chi connectivity index (χ2v) is 3.58. The number of carbonyl (C=O) groups is 1. The molecular formula is C11H13ClO2. The molecule has 0 aliphatic rings. The number of hydrogen-bond donors (Lipinski definition) is 0. The predicted octanol–water partition coefficient (Wildman–Crippen LogP) is 2.87. The molecule has 1 aromatic carbocycles. The molecule has 0 bridgehead atoms. The number of Topliss-reactive ketones (excluding diaryl/α,β-unsaturated/α-hetero) is 1. The normalized spacial score (nSPS) is 9.93. The zero-order valence-corrected chi connectivity index (χ0v) is 9.10. The fraction of sp³-hybridized carbons (Fsp3) is 0.364. The third-order valence-electron chi connectivity index (χ3n) is 1.98. The smallest absolute Gasteiger partial charge is 0.137 e. The van der Waals surface area contributed by atoms with Crippen LogP contribution in [-0.2, 0) is 11.2 Å². The molecule has 0 amide bonds. The van der Waals surface area contributed by atoms with E-state index < -0.39 is 0 Å². The molecule has 1 aromatic rings. The molecular weight excluding hydrogens is 200 g/mol. The van der Waals surface area contributed by atoms with E-state index >= 15 is 0 Å². The minimum Gasteiger partial charge on any atom is -0.495 e. The average Bonchev–Trinajstić information content (AvgIpc) is 2.16. The quantitative estimate of drug-likeness (QED) is 0.767. The van der Waals surface area contributed by atoms with Gasteiger partial charge in [-0.15, -0.1) is 0 Å². The van der Waals surface area contributed by atoms with E-state index in [-0.39, 0.29) is 5.78 Å². The van der Waals surface area contributed by atoms with Crippen molar-refractivity contribution in [1.82, 2.24) is 0 Å². The van der Waals surface area contributed by atoms with E-state index in [0.717, 1.165) is 12.0 Å². The Morgan fingerprint density at radius 3 is 2.79 bits per heavy atom.